The zero-order chi connectivity index (χ0) is 16.7. The molecule has 124 valence electrons. The van der Waals surface area contributed by atoms with E-state index in [1.165, 1.54) is 5.69 Å². The Morgan fingerprint density at radius 1 is 1.29 bits per heavy atom. The Labute approximate surface area is 149 Å². The maximum absolute atomic E-state index is 6.13. The van der Waals surface area contributed by atoms with Gasteiger partial charge in [0, 0.05) is 47.1 Å². The molecule has 0 radical (unpaired) electrons. The number of nitrogens with zero attached hydrogens (tertiary/aromatic N) is 4. The summed E-state index contributed by atoms with van der Waals surface area (Å²) in [6.45, 7) is 4.46. The Balaban J connectivity index is 1.74. The van der Waals surface area contributed by atoms with E-state index in [1.807, 2.05) is 36.4 Å². The van der Waals surface area contributed by atoms with Gasteiger partial charge in [0.15, 0.2) is 0 Å². The molecule has 24 heavy (non-hydrogen) atoms. The van der Waals surface area contributed by atoms with Crippen molar-refractivity contribution in [2.24, 2.45) is 7.05 Å². The third-order valence-corrected chi connectivity index (χ3v) is 5.27. The molecule has 4 rings (SSSR count). The number of benzene rings is 1. The van der Waals surface area contributed by atoms with E-state index in [1.54, 1.807) is 0 Å². The van der Waals surface area contributed by atoms with Crippen molar-refractivity contribution >= 4 is 32.5 Å². The monoisotopic (exact) mass is 386 g/mol. The Morgan fingerprint density at radius 3 is 2.96 bits per heavy atom. The van der Waals surface area contributed by atoms with Crippen LogP contribution in [0.4, 0.5) is 5.69 Å². The first-order valence-electron chi connectivity index (χ1n) is 7.98. The number of anilines is 1. The molecule has 0 spiro atoms. The number of hydrogen-bond donors (Lipinski definition) is 0. The molecule has 5 nitrogen and oxygen atoms in total. The van der Waals surface area contributed by atoms with Crippen LogP contribution in [0.3, 0.4) is 0 Å². The Hall–Kier alpha value is -1.92. The van der Waals surface area contributed by atoms with Crippen molar-refractivity contribution in [1.29, 1.82) is 0 Å². The average molecular weight is 387 g/mol. The van der Waals surface area contributed by atoms with E-state index in [0.29, 0.717) is 6.61 Å². The Morgan fingerprint density at radius 2 is 2.17 bits per heavy atom. The van der Waals surface area contributed by atoms with Crippen LogP contribution in [0.2, 0.25) is 0 Å². The molecule has 3 heterocycles. The van der Waals surface area contributed by atoms with Crippen molar-refractivity contribution in [2.75, 3.05) is 24.6 Å². The maximum Gasteiger partial charge on any atom is 0.111 e. The number of para-hydroxylation sites is 1. The third kappa shape index (κ3) is 2.59. The molecule has 1 atom stereocenters. The van der Waals surface area contributed by atoms with Gasteiger partial charge in [0.1, 0.15) is 5.60 Å². The Bertz CT molecular complexity index is 894. The highest BCUT2D eigenvalue weighted by Crippen LogP contribution is 2.35. The zero-order valence-electron chi connectivity index (χ0n) is 13.7. The topological polar surface area (TPSA) is 43.2 Å². The first-order chi connectivity index (χ1) is 11.6. The molecule has 6 heteroatoms. The standard InChI is InChI=1S/C18H19BrN4O/c1-18(13-10-21-22(2)11-13)12-23(8-9-24-18)16-6-7-20-17-14(16)4-3-5-15(17)19/h3-7,10-11H,8-9,12H2,1-2H3. The van der Waals surface area contributed by atoms with Crippen LogP contribution < -0.4 is 4.90 Å². The summed E-state index contributed by atoms with van der Waals surface area (Å²) in [5, 5.41) is 5.45. The summed E-state index contributed by atoms with van der Waals surface area (Å²) in [6, 6.07) is 8.29. The molecule has 1 fully saturated rings. The van der Waals surface area contributed by atoms with Crippen LogP contribution in [0.15, 0.2) is 47.3 Å². The van der Waals surface area contributed by atoms with Crippen molar-refractivity contribution in [3.63, 3.8) is 0 Å². The fourth-order valence-corrected chi connectivity index (χ4v) is 3.81. The molecule has 0 aliphatic carbocycles. The van der Waals surface area contributed by atoms with Crippen molar-refractivity contribution in [3.05, 3.63) is 52.9 Å². The second-order valence-electron chi connectivity index (χ2n) is 6.37. The minimum Gasteiger partial charge on any atom is -0.367 e. The van der Waals surface area contributed by atoms with Gasteiger partial charge < -0.3 is 9.64 Å². The molecule has 1 aliphatic heterocycles. The SMILES string of the molecule is Cn1cc(C2(C)CN(c3ccnc4c(Br)cccc34)CCO2)cn1. The van der Waals surface area contributed by atoms with E-state index in [0.717, 1.165) is 34.0 Å². The second kappa shape index (κ2) is 5.86. The summed E-state index contributed by atoms with van der Waals surface area (Å²) >= 11 is 3.60. The fourth-order valence-electron chi connectivity index (χ4n) is 3.35. The largest absolute Gasteiger partial charge is 0.367 e. The number of ether oxygens (including phenoxy) is 1. The van der Waals surface area contributed by atoms with E-state index in [9.17, 15) is 0 Å². The predicted molar refractivity (Wildman–Crippen MR) is 98.2 cm³/mol. The van der Waals surface area contributed by atoms with Gasteiger partial charge in [-0.2, -0.15) is 5.10 Å². The van der Waals surface area contributed by atoms with Gasteiger partial charge >= 0.3 is 0 Å². The molecule has 1 unspecified atom stereocenters. The van der Waals surface area contributed by atoms with Crippen LogP contribution in [-0.2, 0) is 17.4 Å². The van der Waals surface area contributed by atoms with Crippen molar-refractivity contribution in [2.45, 2.75) is 12.5 Å². The van der Waals surface area contributed by atoms with Gasteiger partial charge in [-0.05, 0) is 35.0 Å². The van der Waals surface area contributed by atoms with Crippen LogP contribution >= 0.6 is 15.9 Å². The average Bonchev–Trinajstić information content (AvgIpc) is 3.02. The highest BCUT2D eigenvalue weighted by molar-refractivity contribution is 9.10. The van der Waals surface area contributed by atoms with Gasteiger partial charge in [0.25, 0.3) is 0 Å². The maximum atomic E-state index is 6.13. The summed E-state index contributed by atoms with van der Waals surface area (Å²) < 4.78 is 8.97. The number of halogens is 1. The normalized spacial score (nSPS) is 21.4. The lowest BCUT2D eigenvalue weighted by molar-refractivity contribution is -0.0465. The summed E-state index contributed by atoms with van der Waals surface area (Å²) in [7, 11) is 1.93. The minimum absolute atomic E-state index is 0.367. The second-order valence-corrected chi connectivity index (χ2v) is 7.22. The highest BCUT2D eigenvalue weighted by Gasteiger charge is 2.35. The molecule has 0 bridgehead atoms. The number of rotatable bonds is 2. The van der Waals surface area contributed by atoms with Crippen LogP contribution in [0.5, 0.6) is 0 Å². The van der Waals surface area contributed by atoms with E-state index in [4.69, 9.17) is 4.74 Å². The molecule has 0 amide bonds. The molecule has 3 aromatic rings. The lowest BCUT2D eigenvalue weighted by atomic mass is 9.96. The number of hydrogen-bond acceptors (Lipinski definition) is 4. The molecular formula is C18H19BrN4O. The predicted octanol–water partition coefficient (Wildman–Crippen LogP) is 3.48. The van der Waals surface area contributed by atoms with Crippen molar-refractivity contribution in [3.8, 4) is 0 Å². The smallest absolute Gasteiger partial charge is 0.111 e. The number of morpholine rings is 1. The summed E-state index contributed by atoms with van der Waals surface area (Å²) in [4.78, 5) is 6.90. The van der Waals surface area contributed by atoms with E-state index < -0.39 is 0 Å². The highest BCUT2D eigenvalue weighted by atomic mass is 79.9. The first kappa shape index (κ1) is 15.6. The molecule has 0 N–H and O–H groups in total. The summed E-state index contributed by atoms with van der Waals surface area (Å²) in [6.07, 6.45) is 5.80. The lowest BCUT2D eigenvalue weighted by Gasteiger charge is -2.41. The lowest BCUT2D eigenvalue weighted by Crippen LogP contribution is -2.48. The summed E-state index contributed by atoms with van der Waals surface area (Å²) in [5.74, 6) is 0. The van der Waals surface area contributed by atoms with Gasteiger partial charge in [-0.15, -0.1) is 0 Å². The molecule has 1 aromatic carbocycles. The Kier molecular flexibility index (Phi) is 3.81. The molecule has 1 saturated heterocycles. The number of pyridine rings is 1. The van der Waals surface area contributed by atoms with Gasteiger partial charge in [-0.25, -0.2) is 0 Å². The van der Waals surface area contributed by atoms with Crippen LogP contribution in [-0.4, -0.2) is 34.5 Å². The van der Waals surface area contributed by atoms with E-state index in [2.05, 4.69) is 56.0 Å². The van der Waals surface area contributed by atoms with Crippen LogP contribution in [0.1, 0.15) is 12.5 Å². The number of aromatic nitrogens is 3. The third-order valence-electron chi connectivity index (χ3n) is 4.63. The van der Waals surface area contributed by atoms with E-state index >= 15 is 0 Å². The minimum atomic E-state index is -0.367. The van der Waals surface area contributed by atoms with Crippen LogP contribution in [0, 0.1) is 0 Å². The van der Waals surface area contributed by atoms with Gasteiger partial charge in [0.05, 0.1) is 24.9 Å². The van der Waals surface area contributed by atoms with Crippen molar-refractivity contribution in [1.82, 2.24) is 14.8 Å². The molecular weight excluding hydrogens is 368 g/mol. The molecule has 0 saturated carbocycles. The zero-order valence-corrected chi connectivity index (χ0v) is 15.3. The van der Waals surface area contributed by atoms with E-state index in [-0.39, 0.29) is 5.60 Å². The fraction of sp³-hybridized carbons (Fsp3) is 0.333. The molecule has 1 aliphatic rings. The van der Waals surface area contributed by atoms with Gasteiger partial charge in [-0.1, -0.05) is 12.1 Å². The summed E-state index contributed by atoms with van der Waals surface area (Å²) in [5.41, 5.74) is 2.92. The van der Waals surface area contributed by atoms with Crippen LogP contribution in [0.25, 0.3) is 10.9 Å². The number of fused-ring (bicyclic) bond motifs is 1. The quantitative estimate of drug-likeness (QED) is 0.675. The number of aryl methyl sites for hydroxylation is 1. The van der Waals surface area contributed by atoms with Gasteiger partial charge in [-0.3, -0.25) is 9.67 Å². The van der Waals surface area contributed by atoms with Crippen molar-refractivity contribution < 1.29 is 4.74 Å². The first-order valence-corrected chi connectivity index (χ1v) is 8.77. The molecule has 2 aromatic heterocycles. The van der Waals surface area contributed by atoms with Gasteiger partial charge in [0.2, 0.25) is 0 Å².